The van der Waals surface area contributed by atoms with E-state index in [4.69, 9.17) is 4.74 Å². The van der Waals surface area contributed by atoms with E-state index in [9.17, 15) is 8.42 Å². The molecule has 1 aliphatic heterocycles. The first-order valence-electron chi connectivity index (χ1n) is 3.84. The van der Waals surface area contributed by atoms with Gasteiger partial charge in [-0.15, -0.1) is 12.4 Å². The quantitative estimate of drug-likeness (QED) is 0.649. The molecule has 0 saturated carbocycles. The summed E-state index contributed by atoms with van der Waals surface area (Å²) in [6, 6.07) is 0.105. The Kier molecular flexibility index (Phi) is 5.82. The molecule has 2 N–H and O–H groups in total. The molecule has 1 unspecified atom stereocenters. The summed E-state index contributed by atoms with van der Waals surface area (Å²) in [5.74, 6) is 0. The van der Waals surface area contributed by atoms with Crippen molar-refractivity contribution < 1.29 is 13.2 Å². The van der Waals surface area contributed by atoms with E-state index in [-0.39, 0.29) is 18.4 Å². The van der Waals surface area contributed by atoms with E-state index >= 15 is 0 Å². The molecule has 13 heavy (non-hydrogen) atoms. The predicted octanol–water partition coefficient (Wildman–Crippen LogP) is -1.05. The molecule has 0 bridgehead atoms. The van der Waals surface area contributed by atoms with Crippen LogP contribution in [0, 0.1) is 0 Å². The Labute approximate surface area is 84.7 Å². The number of sulfonamides is 1. The van der Waals surface area contributed by atoms with Crippen molar-refractivity contribution in [1.82, 2.24) is 10.0 Å². The second-order valence-electron chi connectivity index (χ2n) is 2.85. The van der Waals surface area contributed by atoms with Gasteiger partial charge in [0.1, 0.15) is 0 Å². The zero-order valence-corrected chi connectivity index (χ0v) is 9.08. The van der Waals surface area contributed by atoms with Crippen molar-refractivity contribution in [2.45, 2.75) is 6.04 Å². The lowest BCUT2D eigenvalue weighted by molar-refractivity contribution is 0.0784. The molecule has 0 spiro atoms. The van der Waals surface area contributed by atoms with Gasteiger partial charge in [0.25, 0.3) is 0 Å². The summed E-state index contributed by atoms with van der Waals surface area (Å²) in [4.78, 5) is 0. The third-order valence-electron chi connectivity index (χ3n) is 1.59. The number of halogens is 1. The zero-order valence-electron chi connectivity index (χ0n) is 7.45. The highest BCUT2D eigenvalue weighted by Gasteiger charge is 2.13. The normalized spacial score (nSPS) is 23.6. The predicted molar refractivity (Wildman–Crippen MR) is 52.7 cm³/mol. The molecular weight excluding hydrogens is 216 g/mol. The summed E-state index contributed by atoms with van der Waals surface area (Å²) in [5, 5.41) is 3.14. The van der Waals surface area contributed by atoms with Gasteiger partial charge in [0.2, 0.25) is 10.0 Å². The van der Waals surface area contributed by atoms with E-state index in [0.29, 0.717) is 19.8 Å². The maximum atomic E-state index is 10.7. The van der Waals surface area contributed by atoms with Crippen LogP contribution in [0.3, 0.4) is 0 Å². The van der Waals surface area contributed by atoms with Gasteiger partial charge in [0, 0.05) is 19.1 Å². The summed E-state index contributed by atoms with van der Waals surface area (Å²) >= 11 is 0. The van der Waals surface area contributed by atoms with Crippen molar-refractivity contribution in [3.63, 3.8) is 0 Å². The van der Waals surface area contributed by atoms with Crippen molar-refractivity contribution in [1.29, 1.82) is 0 Å². The first-order valence-corrected chi connectivity index (χ1v) is 5.73. The Morgan fingerprint density at radius 3 is 2.77 bits per heavy atom. The van der Waals surface area contributed by atoms with Crippen molar-refractivity contribution in [2.75, 3.05) is 32.6 Å². The molecule has 0 amide bonds. The molecule has 0 radical (unpaired) electrons. The monoisotopic (exact) mass is 230 g/mol. The standard InChI is InChI=1S/C6H14N2O3S.ClH/c1-12(9,10)8-4-6-5-11-3-2-7-6;/h6-8H,2-5H2,1H3;1H. The molecule has 1 fully saturated rings. The third kappa shape index (κ3) is 6.23. The Bertz CT molecular complexity index is 226. The van der Waals surface area contributed by atoms with Crippen LogP contribution < -0.4 is 10.0 Å². The SMILES string of the molecule is CS(=O)(=O)NCC1COCCN1.Cl. The average Bonchev–Trinajstić information content (AvgIpc) is 2.02. The molecule has 0 aromatic carbocycles. The van der Waals surface area contributed by atoms with Crippen LogP contribution in [-0.4, -0.2) is 47.0 Å². The van der Waals surface area contributed by atoms with Crippen LogP contribution >= 0.6 is 12.4 Å². The van der Waals surface area contributed by atoms with E-state index in [1.165, 1.54) is 0 Å². The number of hydrogen-bond acceptors (Lipinski definition) is 4. The minimum atomic E-state index is -3.07. The van der Waals surface area contributed by atoms with Gasteiger partial charge in [-0.05, 0) is 0 Å². The van der Waals surface area contributed by atoms with Crippen LogP contribution in [-0.2, 0) is 14.8 Å². The fraction of sp³-hybridized carbons (Fsp3) is 1.00. The molecular formula is C6H15ClN2O3S. The second-order valence-corrected chi connectivity index (χ2v) is 4.68. The fourth-order valence-corrected chi connectivity index (χ4v) is 1.51. The summed E-state index contributed by atoms with van der Waals surface area (Å²) in [7, 11) is -3.07. The van der Waals surface area contributed by atoms with Crippen LogP contribution in [0.5, 0.6) is 0 Å². The average molecular weight is 231 g/mol. The Morgan fingerprint density at radius 2 is 2.31 bits per heavy atom. The molecule has 1 rings (SSSR count). The van der Waals surface area contributed by atoms with E-state index < -0.39 is 10.0 Å². The Morgan fingerprint density at radius 1 is 1.62 bits per heavy atom. The first-order chi connectivity index (χ1) is 5.58. The molecule has 1 aliphatic rings. The van der Waals surface area contributed by atoms with Crippen LogP contribution in [0.25, 0.3) is 0 Å². The van der Waals surface area contributed by atoms with Crippen molar-refractivity contribution in [3.8, 4) is 0 Å². The van der Waals surface area contributed by atoms with Gasteiger partial charge in [-0.1, -0.05) is 0 Å². The van der Waals surface area contributed by atoms with E-state index in [2.05, 4.69) is 10.0 Å². The molecule has 0 aromatic heterocycles. The molecule has 1 saturated heterocycles. The lowest BCUT2D eigenvalue weighted by atomic mass is 10.3. The van der Waals surface area contributed by atoms with Gasteiger partial charge in [0.15, 0.2) is 0 Å². The summed E-state index contributed by atoms with van der Waals surface area (Å²) in [6.45, 7) is 2.47. The number of rotatable bonds is 3. The van der Waals surface area contributed by atoms with E-state index in [1.54, 1.807) is 0 Å². The number of nitrogens with one attached hydrogen (secondary N) is 2. The highest BCUT2D eigenvalue weighted by atomic mass is 35.5. The molecule has 0 aromatic rings. The molecule has 5 nitrogen and oxygen atoms in total. The van der Waals surface area contributed by atoms with Crippen LogP contribution in [0.4, 0.5) is 0 Å². The van der Waals surface area contributed by atoms with Gasteiger partial charge < -0.3 is 10.1 Å². The van der Waals surface area contributed by atoms with Crippen LogP contribution in [0.1, 0.15) is 0 Å². The Hall–Kier alpha value is 0.120. The maximum absolute atomic E-state index is 10.7. The molecule has 0 aliphatic carbocycles. The van der Waals surface area contributed by atoms with Gasteiger partial charge in [-0.25, -0.2) is 13.1 Å². The van der Waals surface area contributed by atoms with Crippen LogP contribution in [0.2, 0.25) is 0 Å². The molecule has 7 heteroatoms. The third-order valence-corrected chi connectivity index (χ3v) is 2.28. The smallest absolute Gasteiger partial charge is 0.208 e. The van der Waals surface area contributed by atoms with Crippen molar-refractivity contribution in [2.24, 2.45) is 0 Å². The van der Waals surface area contributed by atoms with Gasteiger partial charge in [-0.3, -0.25) is 0 Å². The van der Waals surface area contributed by atoms with Crippen molar-refractivity contribution >= 4 is 22.4 Å². The minimum absolute atomic E-state index is 0. The molecule has 1 atom stereocenters. The second kappa shape index (κ2) is 5.77. The highest BCUT2D eigenvalue weighted by Crippen LogP contribution is 1.91. The van der Waals surface area contributed by atoms with Gasteiger partial charge in [0.05, 0.1) is 19.5 Å². The van der Waals surface area contributed by atoms with E-state index in [1.807, 2.05) is 0 Å². The molecule has 80 valence electrons. The van der Waals surface area contributed by atoms with E-state index in [0.717, 1.165) is 12.8 Å². The topological polar surface area (TPSA) is 67.4 Å². The summed E-state index contributed by atoms with van der Waals surface area (Å²) in [6.07, 6.45) is 1.15. The lowest BCUT2D eigenvalue weighted by Gasteiger charge is -2.23. The lowest BCUT2D eigenvalue weighted by Crippen LogP contribution is -2.48. The first kappa shape index (κ1) is 13.1. The Balaban J connectivity index is 0.00000144. The highest BCUT2D eigenvalue weighted by molar-refractivity contribution is 7.88. The summed E-state index contributed by atoms with van der Waals surface area (Å²) in [5.41, 5.74) is 0. The number of morpholine rings is 1. The van der Waals surface area contributed by atoms with Gasteiger partial charge in [-0.2, -0.15) is 0 Å². The largest absolute Gasteiger partial charge is 0.378 e. The van der Waals surface area contributed by atoms with Crippen molar-refractivity contribution in [3.05, 3.63) is 0 Å². The minimum Gasteiger partial charge on any atom is -0.378 e. The number of hydrogen-bond donors (Lipinski definition) is 2. The zero-order chi connectivity index (χ0) is 9.03. The number of ether oxygens (including phenoxy) is 1. The fourth-order valence-electron chi connectivity index (χ4n) is 1.00. The maximum Gasteiger partial charge on any atom is 0.208 e. The molecule has 1 heterocycles. The summed E-state index contributed by atoms with van der Waals surface area (Å²) < 4.78 is 29.0. The van der Waals surface area contributed by atoms with Crippen LogP contribution in [0.15, 0.2) is 0 Å². The van der Waals surface area contributed by atoms with Gasteiger partial charge >= 0.3 is 0 Å².